The Morgan fingerprint density at radius 2 is 1.73 bits per heavy atom. The molecule has 3 unspecified atom stereocenters. The Morgan fingerprint density at radius 1 is 1.11 bits per heavy atom. The number of carbonyl (C=O) groups is 6. The highest BCUT2D eigenvalue weighted by Crippen LogP contribution is 2.63. The zero-order valence-corrected chi connectivity index (χ0v) is 21.9. The summed E-state index contributed by atoms with van der Waals surface area (Å²) in [5.74, 6) is -9.85. The van der Waals surface area contributed by atoms with Gasteiger partial charge in [-0.2, -0.15) is 0 Å². The van der Waals surface area contributed by atoms with Crippen molar-refractivity contribution in [2.45, 2.75) is 66.4 Å². The fraction of sp³-hybridized carbons (Fsp3) is 0.571. The van der Waals surface area contributed by atoms with E-state index in [1.54, 1.807) is 33.8 Å². The molecule has 0 saturated heterocycles. The van der Waals surface area contributed by atoms with E-state index in [1.165, 1.54) is 13.0 Å². The summed E-state index contributed by atoms with van der Waals surface area (Å²) < 4.78 is 0. The number of fused-ring (bicyclic) bond motifs is 3. The highest BCUT2D eigenvalue weighted by molar-refractivity contribution is 6.32. The largest absolute Gasteiger partial charge is 0.505 e. The van der Waals surface area contributed by atoms with Gasteiger partial charge in [-0.3, -0.25) is 28.8 Å². The van der Waals surface area contributed by atoms with Crippen LogP contribution in [0.1, 0.15) is 70.3 Å². The normalized spacial score (nSPS) is 35.1. The minimum atomic E-state index is -2.73. The first-order chi connectivity index (χ1) is 17.1. The third kappa shape index (κ3) is 3.39. The van der Waals surface area contributed by atoms with Crippen molar-refractivity contribution in [3.05, 3.63) is 23.3 Å². The highest BCUT2D eigenvalue weighted by Gasteiger charge is 2.76. The van der Waals surface area contributed by atoms with Gasteiger partial charge in [0.05, 0.1) is 17.2 Å². The van der Waals surface area contributed by atoms with Crippen LogP contribution in [0.15, 0.2) is 12.1 Å². The molecular formula is C28H33NO8. The lowest BCUT2D eigenvalue weighted by Gasteiger charge is -2.61. The molecule has 9 nitrogen and oxygen atoms in total. The zero-order chi connectivity index (χ0) is 27.8. The van der Waals surface area contributed by atoms with E-state index in [-0.39, 0.29) is 36.4 Å². The molecule has 2 fully saturated rings. The number of phenols is 1. The summed E-state index contributed by atoms with van der Waals surface area (Å²) in [5, 5.41) is 25.4. The first kappa shape index (κ1) is 26.9. The molecule has 9 heteroatoms. The van der Waals surface area contributed by atoms with Gasteiger partial charge in [0.15, 0.2) is 28.7 Å². The quantitative estimate of drug-likeness (QED) is 0.411. The molecule has 3 aliphatic rings. The fourth-order valence-corrected chi connectivity index (χ4v) is 7.47. The Morgan fingerprint density at radius 3 is 2.27 bits per heavy atom. The van der Waals surface area contributed by atoms with Crippen LogP contribution in [0.5, 0.6) is 5.75 Å². The number of benzene rings is 1. The number of aromatic hydroxyl groups is 1. The molecule has 0 aromatic heterocycles. The van der Waals surface area contributed by atoms with E-state index in [1.807, 2.05) is 0 Å². The zero-order valence-electron chi connectivity index (χ0n) is 21.9. The van der Waals surface area contributed by atoms with Crippen LogP contribution in [0.4, 0.5) is 5.69 Å². The molecule has 198 valence electrons. The van der Waals surface area contributed by atoms with E-state index in [4.69, 9.17) is 0 Å². The van der Waals surface area contributed by atoms with Gasteiger partial charge in [-0.1, -0.05) is 40.7 Å². The molecule has 4 rings (SSSR count). The van der Waals surface area contributed by atoms with Crippen molar-refractivity contribution in [2.24, 2.45) is 34.5 Å². The van der Waals surface area contributed by atoms with Crippen LogP contribution in [0.25, 0.3) is 0 Å². The predicted octanol–water partition coefficient (Wildman–Crippen LogP) is 2.44. The van der Waals surface area contributed by atoms with Gasteiger partial charge in [-0.05, 0) is 42.7 Å². The van der Waals surface area contributed by atoms with Crippen molar-refractivity contribution in [3.63, 3.8) is 0 Å². The second-order valence-corrected chi connectivity index (χ2v) is 11.7. The molecule has 3 aliphatic carbocycles. The first-order valence-electron chi connectivity index (χ1n) is 12.6. The number of Topliss-reactive ketones (excluding diaryl/α,β-unsaturated/α-hetero) is 5. The van der Waals surface area contributed by atoms with Crippen LogP contribution in [-0.4, -0.2) is 50.6 Å². The van der Waals surface area contributed by atoms with Crippen LogP contribution in [0.2, 0.25) is 0 Å². The van der Waals surface area contributed by atoms with Gasteiger partial charge >= 0.3 is 0 Å². The van der Waals surface area contributed by atoms with Crippen LogP contribution < -0.4 is 5.32 Å². The van der Waals surface area contributed by atoms with Crippen LogP contribution in [0, 0.1) is 34.5 Å². The van der Waals surface area contributed by atoms with Gasteiger partial charge in [0.2, 0.25) is 5.91 Å². The Kier molecular flexibility index (Phi) is 6.10. The van der Waals surface area contributed by atoms with E-state index >= 15 is 0 Å². The SMILES string of the molecule is CCC(=O)Nc1ccc2c(c1O)C(=O)C1C(=O)[C@@]3(O)C(=O)C(C(C)=O)C(=O)C(C(C)C)[C@@]3(C)C[C@@]1(C)C2. The average Bonchev–Trinajstić information content (AvgIpc) is 2.77. The summed E-state index contributed by atoms with van der Waals surface area (Å²) in [4.78, 5) is 79.4. The molecule has 0 heterocycles. The molecule has 0 radical (unpaired) electrons. The Balaban J connectivity index is 1.92. The van der Waals surface area contributed by atoms with E-state index in [9.17, 15) is 39.0 Å². The summed E-state index contributed by atoms with van der Waals surface area (Å²) >= 11 is 0. The monoisotopic (exact) mass is 511 g/mol. The molecule has 1 aromatic rings. The number of hydrogen-bond acceptors (Lipinski definition) is 8. The molecule has 1 amide bonds. The smallest absolute Gasteiger partial charge is 0.224 e. The van der Waals surface area contributed by atoms with Crippen LogP contribution >= 0.6 is 0 Å². The molecule has 0 aliphatic heterocycles. The third-order valence-corrected chi connectivity index (χ3v) is 8.85. The maximum Gasteiger partial charge on any atom is 0.224 e. The molecule has 3 N–H and O–H groups in total. The minimum Gasteiger partial charge on any atom is -0.505 e. The van der Waals surface area contributed by atoms with Crippen molar-refractivity contribution >= 4 is 40.5 Å². The van der Waals surface area contributed by atoms with Crippen molar-refractivity contribution in [2.75, 3.05) is 5.32 Å². The molecule has 1 aromatic carbocycles. The average molecular weight is 512 g/mol. The second kappa shape index (κ2) is 8.41. The maximum atomic E-state index is 14.2. The molecule has 0 spiro atoms. The second-order valence-electron chi connectivity index (χ2n) is 11.7. The van der Waals surface area contributed by atoms with E-state index < -0.39 is 74.8 Å². The number of amides is 1. The standard InChI is InChI=1S/C28H33NO8/c1-7-16(31)29-15-9-8-14-10-26(5)11-27(6)19(12(2)3)22(33)17(13(4)30)24(35)28(27,37)25(36)20(26)23(34)18(14)21(15)32/h8-9,12,17,19-20,32,37H,7,10-11H2,1-6H3,(H,29,31)/t17?,19?,20?,26-,27-,28+/m1/s1. The van der Waals surface area contributed by atoms with Gasteiger partial charge in [-0.15, -0.1) is 0 Å². The van der Waals surface area contributed by atoms with Gasteiger partial charge < -0.3 is 15.5 Å². The highest BCUT2D eigenvalue weighted by atomic mass is 16.3. The summed E-state index contributed by atoms with van der Waals surface area (Å²) in [7, 11) is 0. The predicted molar refractivity (Wildman–Crippen MR) is 132 cm³/mol. The lowest BCUT2D eigenvalue weighted by atomic mass is 9.40. The molecule has 6 atom stereocenters. The molecule has 2 saturated carbocycles. The van der Waals surface area contributed by atoms with Crippen molar-refractivity contribution in [1.82, 2.24) is 0 Å². The van der Waals surface area contributed by atoms with Gasteiger partial charge in [0.25, 0.3) is 0 Å². The summed E-state index contributed by atoms with van der Waals surface area (Å²) in [6, 6.07) is 3.10. The number of aliphatic hydroxyl groups is 1. The Labute approximate surface area is 215 Å². The summed E-state index contributed by atoms with van der Waals surface area (Å²) in [6.45, 7) is 9.44. The maximum absolute atomic E-state index is 14.2. The van der Waals surface area contributed by atoms with E-state index in [2.05, 4.69) is 5.32 Å². The van der Waals surface area contributed by atoms with Gasteiger partial charge in [0.1, 0.15) is 17.5 Å². The summed E-state index contributed by atoms with van der Waals surface area (Å²) in [6.07, 6.45) is 0.303. The van der Waals surface area contributed by atoms with Crippen LogP contribution in [0.3, 0.4) is 0 Å². The first-order valence-corrected chi connectivity index (χ1v) is 12.6. The minimum absolute atomic E-state index is 0.00186. The van der Waals surface area contributed by atoms with Crippen molar-refractivity contribution < 1.29 is 39.0 Å². The Hall–Kier alpha value is -3.20. The van der Waals surface area contributed by atoms with Crippen molar-refractivity contribution in [3.8, 4) is 5.75 Å². The van der Waals surface area contributed by atoms with E-state index in [0.29, 0.717) is 5.56 Å². The third-order valence-electron chi connectivity index (χ3n) is 8.85. The molecule has 37 heavy (non-hydrogen) atoms. The molecule has 0 bridgehead atoms. The van der Waals surface area contributed by atoms with Crippen LogP contribution in [-0.2, 0) is 30.4 Å². The number of hydrogen-bond donors (Lipinski definition) is 3. The van der Waals surface area contributed by atoms with E-state index in [0.717, 1.165) is 6.92 Å². The topological polar surface area (TPSA) is 155 Å². The fourth-order valence-electron chi connectivity index (χ4n) is 7.47. The van der Waals surface area contributed by atoms with Crippen molar-refractivity contribution in [1.29, 1.82) is 0 Å². The number of nitrogens with one attached hydrogen (secondary N) is 1. The lowest BCUT2D eigenvalue weighted by Crippen LogP contribution is -2.76. The lowest BCUT2D eigenvalue weighted by molar-refractivity contribution is -0.205. The number of ketones is 5. The Bertz CT molecular complexity index is 1280. The van der Waals surface area contributed by atoms with Gasteiger partial charge in [0, 0.05) is 17.8 Å². The number of carbonyl (C=O) groups excluding carboxylic acids is 6. The molecular weight excluding hydrogens is 478 g/mol. The number of anilines is 1. The summed E-state index contributed by atoms with van der Waals surface area (Å²) in [5.41, 5.74) is -5.00. The van der Waals surface area contributed by atoms with Gasteiger partial charge in [-0.25, -0.2) is 0 Å². The number of rotatable bonds is 4. The number of phenolic OH excluding ortho intramolecular Hbond substituents is 1.